The minimum Gasteiger partial charge on any atom is -0.381 e. The Balaban J connectivity index is 1.43. The van der Waals surface area contributed by atoms with Gasteiger partial charge in [0.05, 0.1) is 6.61 Å². The second-order valence-corrected chi connectivity index (χ2v) is 5.97. The summed E-state index contributed by atoms with van der Waals surface area (Å²) in [6, 6.07) is 2.44. The van der Waals surface area contributed by atoms with Gasteiger partial charge in [-0.25, -0.2) is 9.97 Å². The predicted octanol–water partition coefficient (Wildman–Crippen LogP) is 1.70. The molecule has 2 aliphatic heterocycles. The van der Waals surface area contributed by atoms with Crippen molar-refractivity contribution in [3.63, 3.8) is 0 Å². The molecule has 110 valence electrons. The van der Waals surface area contributed by atoms with Gasteiger partial charge in [0, 0.05) is 44.2 Å². The van der Waals surface area contributed by atoms with Crippen molar-refractivity contribution in [3.8, 4) is 0 Å². The van der Waals surface area contributed by atoms with E-state index in [9.17, 15) is 0 Å². The molecule has 3 heterocycles. The van der Waals surface area contributed by atoms with E-state index in [-0.39, 0.29) is 0 Å². The molecule has 3 rings (SSSR count). The third kappa shape index (κ3) is 3.67. The topological polar surface area (TPSA) is 50.3 Å². The quantitative estimate of drug-likeness (QED) is 0.907. The average molecular weight is 276 g/mol. The van der Waals surface area contributed by atoms with Crippen LogP contribution in [0.15, 0.2) is 12.3 Å². The first-order valence-electron chi connectivity index (χ1n) is 7.66. The van der Waals surface area contributed by atoms with Gasteiger partial charge in [0.15, 0.2) is 0 Å². The molecule has 1 aromatic rings. The number of nitrogens with one attached hydrogen (secondary N) is 1. The SMILES string of the molecule is Cc1ccnc(NC2CCN(CC3CCOC3)CC2)n1. The van der Waals surface area contributed by atoms with Gasteiger partial charge in [0.1, 0.15) is 0 Å². The Kier molecular flexibility index (Phi) is 4.47. The van der Waals surface area contributed by atoms with Gasteiger partial charge in [-0.2, -0.15) is 0 Å². The maximum atomic E-state index is 5.45. The molecule has 0 aromatic carbocycles. The van der Waals surface area contributed by atoms with Gasteiger partial charge in [-0.1, -0.05) is 0 Å². The fourth-order valence-electron chi connectivity index (χ4n) is 3.05. The average Bonchev–Trinajstić information content (AvgIpc) is 2.94. The van der Waals surface area contributed by atoms with E-state index < -0.39 is 0 Å². The highest BCUT2D eigenvalue weighted by atomic mass is 16.5. The van der Waals surface area contributed by atoms with E-state index in [4.69, 9.17) is 4.74 Å². The summed E-state index contributed by atoms with van der Waals surface area (Å²) in [5.41, 5.74) is 1.01. The summed E-state index contributed by atoms with van der Waals surface area (Å²) in [6.45, 7) is 7.44. The zero-order chi connectivity index (χ0) is 13.8. The smallest absolute Gasteiger partial charge is 0.223 e. The minimum absolute atomic E-state index is 0.507. The number of rotatable bonds is 4. The van der Waals surface area contributed by atoms with Gasteiger partial charge in [-0.3, -0.25) is 0 Å². The van der Waals surface area contributed by atoms with E-state index in [2.05, 4.69) is 20.2 Å². The first-order chi connectivity index (χ1) is 9.79. The number of hydrogen-bond donors (Lipinski definition) is 1. The lowest BCUT2D eigenvalue weighted by molar-refractivity contribution is 0.154. The largest absolute Gasteiger partial charge is 0.381 e. The van der Waals surface area contributed by atoms with E-state index in [1.165, 1.54) is 38.9 Å². The van der Waals surface area contributed by atoms with Crippen LogP contribution in [0, 0.1) is 12.8 Å². The number of nitrogens with zero attached hydrogens (tertiary/aromatic N) is 3. The highest BCUT2D eigenvalue weighted by Gasteiger charge is 2.24. The Hall–Kier alpha value is -1.20. The van der Waals surface area contributed by atoms with E-state index >= 15 is 0 Å². The fraction of sp³-hybridized carbons (Fsp3) is 0.733. The van der Waals surface area contributed by atoms with Gasteiger partial charge in [-0.15, -0.1) is 0 Å². The van der Waals surface area contributed by atoms with Crippen LogP contribution < -0.4 is 5.32 Å². The first kappa shape index (κ1) is 13.8. The molecule has 0 saturated carbocycles. The molecule has 0 bridgehead atoms. The third-order valence-corrected chi connectivity index (χ3v) is 4.26. The molecule has 0 spiro atoms. The van der Waals surface area contributed by atoms with Crippen LogP contribution in [0.25, 0.3) is 0 Å². The molecule has 1 atom stereocenters. The van der Waals surface area contributed by atoms with E-state index in [0.717, 1.165) is 30.8 Å². The summed E-state index contributed by atoms with van der Waals surface area (Å²) in [4.78, 5) is 11.3. The number of likely N-dealkylation sites (tertiary alicyclic amines) is 1. The van der Waals surface area contributed by atoms with Crippen molar-refractivity contribution >= 4 is 5.95 Å². The summed E-state index contributed by atoms with van der Waals surface area (Å²) < 4.78 is 5.45. The monoisotopic (exact) mass is 276 g/mol. The second kappa shape index (κ2) is 6.50. The predicted molar refractivity (Wildman–Crippen MR) is 78.8 cm³/mol. The molecule has 0 amide bonds. The number of ether oxygens (including phenoxy) is 1. The number of aryl methyl sites for hydroxylation is 1. The van der Waals surface area contributed by atoms with Crippen LogP contribution in [0.4, 0.5) is 5.95 Å². The molecule has 1 unspecified atom stereocenters. The number of hydrogen-bond acceptors (Lipinski definition) is 5. The summed E-state index contributed by atoms with van der Waals surface area (Å²) in [7, 11) is 0. The van der Waals surface area contributed by atoms with Gasteiger partial charge in [0.25, 0.3) is 0 Å². The van der Waals surface area contributed by atoms with E-state index in [0.29, 0.717) is 6.04 Å². The molecular weight excluding hydrogens is 252 g/mol. The molecule has 1 N–H and O–H groups in total. The molecular formula is C15H24N4O. The standard InChI is InChI=1S/C15H24N4O/c1-12-2-6-16-15(17-12)18-14-3-7-19(8-4-14)10-13-5-9-20-11-13/h2,6,13-14H,3-5,7-11H2,1H3,(H,16,17,18). The Bertz CT molecular complexity index is 426. The first-order valence-corrected chi connectivity index (χ1v) is 7.66. The van der Waals surface area contributed by atoms with Crippen molar-refractivity contribution in [1.29, 1.82) is 0 Å². The molecule has 5 heteroatoms. The van der Waals surface area contributed by atoms with Crippen LogP contribution in [0.1, 0.15) is 25.0 Å². The van der Waals surface area contributed by atoms with Crippen LogP contribution in [-0.4, -0.2) is 53.8 Å². The van der Waals surface area contributed by atoms with Crippen LogP contribution in [0.5, 0.6) is 0 Å². The van der Waals surface area contributed by atoms with Gasteiger partial charge in [0.2, 0.25) is 5.95 Å². The lowest BCUT2D eigenvalue weighted by Crippen LogP contribution is -2.41. The van der Waals surface area contributed by atoms with Gasteiger partial charge < -0.3 is 15.0 Å². The van der Waals surface area contributed by atoms with Crippen molar-refractivity contribution in [3.05, 3.63) is 18.0 Å². The Morgan fingerprint density at radius 1 is 1.35 bits per heavy atom. The normalized spacial score (nSPS) is 24.9. The summed E-state index contributed by atoms with van der Waals surface area (Å²) in [6.07, 6.45) is 5.39. The second-order valence-electron chi connectivity index (χ2n) is 5.97. The van der Waals surface area contributed by atoms with Crippen molar-refractivity contribution in [1.82, 2.24) is 14.9 Å². The van der Waals surface area contributed by atoms with Crippen LogP contribution in [0.3, 0.4) is 0 Å². The van der Waals surface area contributed by atoms with Crippen LogP contribution in [-0.2, 0) is 4.74 Å². The molecule has 2 fully saturated rings. The third-order valence-electron chi connectivity index (χ3n) is 4.26. The fourth-order valence-corrected chi connectivity index (χ4v) is 3.05. The van der Waals surface area contributed by atoms with E-state index in [1.54, 1.807) is 0 Å². The number of piperidine rings is 1. The van der Waals surface area contributed by atoms with Crippen LogP contribution in [0.2, 0.25) is 0 Å². The van der Waals surface area contributed by atoms with Crippen molar-refractivity contribution in [2.24, 2.45) is 5.92 Å². The molecule has 1 aromatic heterocycles. The zero-order valence-electron chi connectivity index (χ0n) is 12.2. The molecule has 20 heavy (non-hydrogen) atoms. The summed E-state index contributed by atoms with van der Waals surface area (Å²) >= 11 is 0. The highest BCUT2D eigenvalue weighted by molar-refractivity contribution is 5.26. The van der Waals surface area contributed by atoms with Crippen molar-refractivity contribution < 1.29 is 4.74 Å². The Labute approximate surface area is 120 Å². The number of anilines is 1. The zero-order valence-corrected chi connectivity index (χ0v) is 12.2. The molecule has 0 radical (unpaired) electrons. The lowest BCUT2D eigenvalue weighted by atomic mass is 10.0. The summed E-state index contributed by atoms with van der Waals surface area (Å²) in [5.74, 6) is 1.52. The minimum atomic E-state index is 0.507. The van der Waals surface area contributed by atoms with Gasteiger partial charge in [-0.05, 0) is 38.2 Å². The van der Waals surface area contributed by atoms with Gasteiger partial charge >= 0.3 is 0 Å². The Morgan fingerprint density at radius 2 is 2.20 bits per heavy atom. The van der Waals surface area contributed by atoms with Crippen molar-refractivity contribution in [2.75, 3.05) is 38.2 Å². The highest BCUT2D eigenvalue weighted by Crippen LogP contribution is 2.19. The molecule has 2 aliphatic rings. The van der Waals surface area contributed by atoms with Crippen molar-refractivity contribution in [2.45, 2.75) is 32.2 Å². The summed E-state index contributed by atoms with van der Waals surface area (Å²) in [5, 5.41) is 3.46. The number of aromatic nitrogens is 2. The van der Waals surface area contributed by atoms with Crippen LogP contribution >= 0.6 is 0 Å². The van der Waals surface area contributed by atoms with E-state index in [1.807, 2.05) is 19.2 Å². The lowest BCUT2D eigenvalue weighted by Gasteiger charge is -2.33. The maximum absolute atomic E-state index is 5.45. The Morgan fingerprint density at radius 3 is 2.90 bits per heavy atom. The molecule has 2 saturated heterocycles. The molecule has 5 nitrogen and oxygen atoms in total. The maximum Gasteiger partial charge on any atom is 0.223 e. The molecule has 0 aliphatic carbocycles.